The zero-order chi connectivity index (χ0) is 11.3. The van der Waals surface area contributed by atoms with Crippen LogP contribution >= 0.6 is 0 Å². The summed E-state index contributed by atoms with van der Waals surface area (Å²) in [6.45, 7) is 6.19. The monoisotopic (exact) mass is 212 g/mol. The Hall–Kier alpha value is -0.800. The van der Waals surface area contributed by atoms with Gasteiger partial charge >= 0.3 is 0 Å². The van der Waals surface area contributed by atoms with Crippen molar-refractivity contribution in [2.24, 2.45) is 5.92 Å². The number of hydrogen-bond donors (Lipinski definition) is 1. The number of aliphatic hydroxyl groups is 1. The fourth-order valence-electron chi connectivity index (χ4n) is 1.84. The van der Waals surface area contributed by atoms with Crippen molar-refractivity contribution in [3.8, 4) is 0 Å². The summed E-state index contributed by atoms with van der Waals surface area (Å²) in [5.41, 5.74) is 2.12. The van der Waals surface area contributed by atoms with E-state index in [9.17, 15) is 5.11 Å². The lowest BCUT2D eigenvalue weighted by atomic mass is 9.81. The molecule has 86 valence electrons. The van der Waals surface area contributed by atoms with E-state index in [-0.39, 0.29) is 6.79 Å². The molecule has 1 N–H and O–H groups in total. The van der Waals surface area contributed by atoms with Crippen LogP contribution in [0, 0.1) is 5.92 Å². The van der Waals surface area contributed by atoms with E-state index in [1.54, 1.807) is 13.4 Å². The number of hydrogen-bond acceptors (Lipinski definition) is 3. The molecule has 1 aliphatic rings. The van der Waals surface area contributed by atoms with Crippen molar-refractivity contribution >= 4 is 0 Å². The topological polar surface area (TPSA) is 38.7 Å². The van der Waals surface area contributed by atoms with Crippen molar-refractivity contribution < 1.29 is 14.6 Å². The fourth-order valence-corrected chi connectivity index (χ4v) is 1.84. The first kappa shape index (κ1) is 12.3. The number of aliphatic hydroxyl groups excluding tert-OH is 1. The molecular weight excluding hydrogens is 192 g/mol. The lowest BCUT2D eigenvalue weighted by Crippen LogP contribution is -2.23. The average molecular weight is 212 g/mol. The largest absolute Gasteiger partial charge is 0.475 e. The van der Waals surface area contributed by atoms with Gasteiger partial charge in [-0.05, 0) is 37.7 Å². The van der Waals surface area contributed by atoms with Crippen LogP contribution in [0.25, 0.3) is 0 Å². The second-order valence-corrected chi connectivity index (χ2v) is 4.10. The Morgan fingerprint density at radius 2 is 2.40 bits per heavy atom. The molecule has 1 saturated carbocycles. The van der Waals surface area contributed by atoms with Gasteiger partial charge in [0.15, 0.2) is 6.79 Å². The Labute approximate surface area is 91.4 Å². The molecule has 15 heavy (non-hydrogen) atoms. The molecule has 0 aliphatic heterocycles. The highest BCUT2D eigenvalue weighted by Gasteiger charge is 2.24. The fraction of sp³-hybridized carbons (Fsp3) is 0.667. The van der Waals surface area contributed by atoms with Crippen LogP contribution in [0.1, 0.15) is 26.2 Å². The lowest BCUT2D eigenvalue weighted by molar-refractivity contribution is 0.0162. The molecule has 1 aliphatic carbocycles. The number of rotatable bonds is 4. The molecule has 0 radical (unpaired) electrons. The second kappa shape index (κ2) is 5.93. The lowest BCUT2D eigenvalue weighted by Gasteiger charge is -2.28. The number of methoxy groups -OCH3 is 1. The van der Waals surface area contributed by atoms with Crippen molar-refractivity contribution in [1.82, 2.24) is 0 Å². The molecule has 0 aromatic heterocycles. The van der Waals surface area contributed by atoms with Crippen LogP contribution in [0.2, 0.25) is 0 Å². The molecule has 2 unspecified atom stereocenters. The third-order valence-electron chi connectivity index (χ3n) is 2.83. The summed E-state index contributed by atoms with van der Waals surface area (Å²) in [5.74, 6) is 0.444. The van der Waals surface area contributed by atoms with Crippen molar-refractivity contribution in [1.29, 1.82) is 0 Å². The first-order valence-corrected chi connectivity index (χ1v) is 5.28. The summed E-state index contributed by atoms with van der Waals surface area (Å²) < 4.78 is 9.89. The predicted octanol–water partition coefficient (Wildman–Crippen LogP) is 2.23. The van der Waals surface area contributed by atoms with E-state index < -0.39 is 6.10 Å². The van der Waals surface area contributed by atoms with Gasteiger partial charge in [0.2, 0.25) is 0 Å². The molecule has 1 fully saturated rings. The molecule has 0 aromatic carbocycles. The van der Waals surface area contributed by atoms with Crippen LogP contribution in [0.15, 0.2) is 24.0 Å². The van der Waals surface area contributed by atoms with E-state index in [0.717, 1.165) is 30.4 Å². The minimum Gasteiger partial charge on any atom is -0.475 e. The molecule has 1 rings (SSSR count). The Balaban J connectivity index is 2.45. The van der Waals surface area contributed by atoms with Crippen molar-refractivity contribution in [2.75, 3.05) is 13.9 Å². The van der Waals surface area contributed by atoms with Crippen molar-refractivity contribution in [3.05, 3.63) is 24.0 Å². The maximum absolute atomic E-state index is 9.86. The number of ether oxygens (including phenoxy) is 2. The summed E-state index contributed by atoms with van der Waals surface area (Å²) in [6.07, 6.45) is 3.93. The van der Waals surface area contributed by atoms with E-state index in [1.807, 2.05) is 6.92 Å². The van der Waals surface area contributed by atoms with Gasteiger partial charge in [-0.3, -0.25) is 0 Å². The SMILES string of the molecule is C=C(C)C1CC/C(=C\OCOC)C(O)C1. The van der Waals surface area contributed by atoms with Crippen molar-refractivity contribution in [3.63, 3.8) is 0 Å². The van der Waals surface area contributed by atoms with Gasteiger partial charge in [-0.15, -0.1) is 0 Å². The van der Waals surface area contributed by atoms with Crippen molar-refractivity contribution in [2.45, 2.75) is 32.3 Å². The van der Waals surface area contributed by atoms with Gasteiger partial charge in [0, 0.05) is 7.11 Å². The molecule has 0 bridgehead atoms. The summed E-state index contributed by atoms with van der Waals surface area (Å²) in [7, 11) is 1.58. The average Bonchev–Trinajstić information content (AvgIpc) is 2.20. The number of allylic oxidation sites excluding steroid dienone is 1. The summed E-state index contributed by atoms with van der Waals surface area (Å²) in [6, 6.07) is 0. The summed E-state index contributed by atoms with van der Waals surface area (Å²) in [5, 5.41) is 9.86. The predicted molar refractivity (Wildman–Crippen MR) is 59.2 cm³/mol. The minimum absolute atomic E-state index is 0.236. The van der Waals surface area contributed by atoms with Gasteiger partial charge in [-0.25, -0.2) is 0 Å². The van der Waals surface area contributed by atoms with Gasteiger partial charge in [-0.2, -0.15) is 0 Å². The van der Waals surface area contributed by atoms with E-state index in [0.29, 0.717) is 5.92 Å². The molecule has 0 amide bonds. The Morgan fingerprint density at radius 1 is 1.67 bits per heavy atom. The highest BCUT2D eigenvalue weighted by molar-refractivity contribution is 5.13. The first-order chi connectivity index (χ1) is 7.15. The molecule has 3 heteroatoms. The Kier molecular flexibility index (Phi) is 4.85. The van der Waals surface area contributed by atoms with E-state index >= 15 is 0 Å². The Morgan fingerprint density at radius 3 is 2.93 bits per heavy atom. The molecule has 0 aromatic rings. The van der Waals surface area contributed by atoms with Crippen LogP contribution in [-0.4, -0.2) is 25.1 Å². The van der Waals surface area contributed by atoms with Gasteiger partial charge in [-0.1, -0.05) is 12.2 Å². The second-order valence-electron chi connectivity index (χ2n) is 4.10. The highest BCUT2D eigenvalue weighted by atomic mass is 16.7. The van der Waals surface area contributed by atoms with Crippen LogP contribution in [-0.2, 0) is 9.47 Å². The van der Waals surface area contributed by atoms with E-state index in [4.69, 9.17) is 9.47 Å². The third kappa shape index (κ3) is 3.68. The van der Waals surface area contributed by atoms with Gasteiger partial charge in [0.1, 0.15) is 0 Å². The van der Waals surface area contributed by atoms with Gasteiger partial charge in [0.05, 0.1) is 12.4 Å². The minimum atomic E-state index is -0.391. The molecular formula is C12H20O3. The van der Waals surface area contributed by atoms with Gasteiger partial charge < -0.3 is 14.6 Å². The highest BCUT2D eigenvalue weighted by Crippen LogP contribution is 2.32. The maximum Gasteiger partial charge on any atom is 0.187 e. The maximum atomic E-state index is 9.86. The molecule has 2 atom stereocenters. The quantitative estimate of drug-likeness (QED) is 0.336. The summed E-state index contributed by atoms with van der Waals surface area (Å²) >= 11 is 0. The van der Waals surface area contributed by atoms with Gasteiger partial charge in [0.25, 0.3) is 0 Å². The van der Waals surface area contributed by atoms with Crippen LogP contribution < -0.4 is 0 Å². The normalized spacial score (nSPS) is 29.1. The van der Waals surface area contributed by atoms with E-state index in [1.165, 1.54) is 0 Å². The van der Waals surface area contributed by atoms with Crippen LogP contribution in [0.4, 0.5) is 0 Å². The van der Waals surface area contributed by atoms with E-state index in [2.05, 4.69) is 6.58 Å². The molecule has 3 nitrogen and oxygen atoms in total. The van der Waals surface area contributed by atoms with Crippen LogP contribution in [0.3, 0.4) is 0 Å². The molecule has 0 heterocycles. The van der Waals surface area contributed by atoms with Crippen LogP contribution in [0.5, 0.6) is 0 Å². The summed E-state index contributed by atoms with van der Waals surface area (Å²) in [4.78, 5) is 0. The zero-order valence-corrected chi connectivity index (χ0v) is 9.53. The molecule has 0 spiro atoms. The third-order valence-corrected chi connectivity index (χ3v) is 2.83. The Bertz CT molecular complexity index is 245. The zero-order valence-electron chi connectivity index (χ0n) is 9.53. The smallest absolute Gasteiger partial charge is 0.187 e. The molecule has 0 saturated heterocycles. The standard InChI is InChI=1S/C12H20O3/c1-9(2)10-4-5-11(12(13)6-10)7-15-8-14-3/h7,10,12-13H,1,4-6,8H2,2-3H3/b11-7+. The first-order valence-electron chi connectivity index (χ1n) is 5.28.